The van der Waals surface area contributed by atoms with Gasteiger partial charge in [-0.3, -0.25) is 4.79 Å². The Morgan fingerprint density at radius 3 is 2.74 bits per heavy atom. The van der Waals surface area contributed by atoms with E-state index in [2.05, 4.69) is 5.32 Å². The molecule has 0 aromatic heterocycles. The molecule has 1 aromatic rings. The third kappa shape index (κ3) is 3.26. The predicted octanol–water partition coefficient (Wildman–Crippen LogP) is 2.53. The average Bonchev–Trinajstić information content (AvgIpc) is 2.80. The Kier molecular flexibility index (Phi) is 3.80. The van der Waals surface area contributed by atoms with Crippen LogP contribution in [-0.4, -0.2) is 25.2 Å². The zero-order valence-electron chi connectivity index (χ0n) is 10.4. The smallest absolute Gasteiger partial charge is 0.379 e. The Hall–Kier alpha value is -1.56. The van der Waals surface area contributed by atoms with Crippen molar-refractivity contribution in [2.75, 3.05) is 13.2 Å². The Morgan fingerprint density at radius 2 is 2.16 bits per heavy atom. The SMILES string of the molecule is Cc1ccc(C(F)(F)F)cc1C(=O)N[C@H]1CCOC1. The van der Waals surface area contributed by atoms with Gasteiger partial charge in [-0.25, -0.2) is 0 Å². The summed E-state index contributed by atoms with van der Waals surface area (Å²) in [5.74, 6) is -0.487. The van der Waals surface area contributed by atoms with Crippen molar-refractivity contribution in [1.29, 1.82) is 0 Å². The molecule has 1 heterocycles. The van der Waals surface area contributed by atoms with Crippen LogP contribution < -0.4 is 5.32 Å². The van der Waals surface area contributed by atoms with Crippen molar-refractivity contribution in [3.8, 4) is 0 Å². The van der Waals surface area contributed by atoms with Gasteiger partial charge < -0.3 is 10.1 Å². The first-order chi connectivity index (χ1) is 8.88. The van der Waals surface area contributed by atoms with Gasteiger partial charge >= 0.3 is 6.18 Å². The molecule has 0 spiro atoms. The summed E-state index contributed by atoms with van der Waals surface area (Å²) in [6, 6.07) is 3.05. The number of hydrogen-bond acceptors (Lipinski definition) is 2. The van der Waals surface area contributed by atoms with Crippen molar-refractivity contribution < 1.29 is 22.7 Å². The van der Waals surface area contributed by atoms with Crippen molar-refractivity contribution in [3.63, 3.8) is 0 Å². The topological polar surface area (TPSA) is 38.3 Å². The van der Waals surface area contributed by atoms with Crippen LogP contribution in [0.2, 0.25) is 0 Å². The van der Waals surface area contributed by atoms with Crippen LogP contribution >= 0.6 is 0 Å². The molecule has 2 rings (SSSR count). The van der Waals surface area contributed by atoms with Gasteiger partial charge in [-0.15, -0.1) is 0 Å². The number of carbonyl (C=O) groups is 1. The lowest BCUT2D eigenvalue weighted by molar-refractivity contribution is -0.137. The fourth-order valence-electron chi connectivity index (χ4n) is 1.95. The molecule has 0 radical (unpaired) electrons. The van der Waals surface area contributed by atoms with Crippen molar-refractivity contribution in [2.24, 2.45) is 0 Å². The zero-order chi connectivity index (χ0) is 14.0. The van der Waals surface area contributed by atoms with Gasteiger partial charge in [0, 0.05) is 12.2 Å². The Labute approximate surface area is 108 Å². The van der Waals surface area contributed by atoms with Crippen molar-refractivity contribution >= 4 is 5.91 Å². The fraction of sp³-hybridized carbons (Fsp3) is 0.462. The molecule has 1 N–H and O–H groups in total. The van der Waals surface area contributed by atoms with E-state index in [1.807, 2.05) is 0 Å². The number of ether oxygens (including phenoxy) is 1. The highest BCUT2D eigenvalue weighted by molar-refractivity contribution is 5.96. The van der Waals surface area contributed by atoms with Crippen LogP contribution in [0.4, 0.5) is 13.2 Å². The summed E-state index contributed by atoms with van der Waals surface area (Å²) < 4.78 is 43.0. The molecular formula is C13H14F3NO2. The molecule has 1 atom stereocenters. The van der Waals surface area contributed by atoms with Crippen molar-refractivity contribution in [3.05, 3.63) is 34.9 Å². The summed E-state index contributed by atoms with van der Waals surface area (Å²) in [6.45, 7) is 2.58. The number of alkyl halides is 3. The van der Waals surface area contributed by atoms with E-state index in [0.29, 0.717) is 25.2 Å². The largest absolute Gasteiger partial charge is 0.416 e. The van der Waals surface area contributed by atoms with E-state index in [1.54, 1.807) is 6.92 Å². The minimum atomic E-state index is -4.45. The quantitative estimate of drug-likeness (QED) is 0.899. The lowest BCUT2D eigenvalue weighted by Crippen LogP contribution is -2.35. The second-order valence-electron chi connectivity index (χ2n) is 4.56. The van der Waals surface area contributed by atoms with E-state index in [1.165, 1.54) is 6.07 Å². The predicted molar refractivity (Wildman–Crippen MR) is 62.9 cm³/mol. The summed E-state index contributed by atoms with van der Waals surface area (Å²) in [5, 5.41) is 2.68. The summed E-state index contributed by atoms with van der Waals surface area (Å²) in [7, 11) is 0. The summed E-state index contributed by atoms with van der Waals surface area (Å²) in [4.78, 5) is 12.0. The molecule has 1 saturated heterocycles. The van der Waals surface area contributed by atoms with Gasteiger partial charge in [-0.2, -0.15) is 13.2 Å². The van der Waals surface area contributed by atoms with Gasteiger partial charge in [0.1, 0.15) is 0 Å². The molecule has 1 fully saturated rings. The Bertz CT molecular complexity index is 479. The van der Waals surface area contributed by atoms with E-state index in [4.69, 9.17) is 4.74 Å². The normalized spacial score (nSPS) is 19.5. The second kappa shape index (κ2) is 5.21. The van der Waals surface area contributed by atoms with Crippen molar-refractivity contribution in [1.82, 2.24) is 5.32 Å². The van der Waals surface area contributed by atoms with E-state index in [0.717, 1.165) is 12.1 Å². The molecule has 19 heavy (non-hydrogen) atoms. The number of rotatable bonds is 2. The molecule has 1 aliphatic rings. The Balaban J connectivity index is 2.20. The van der Waals surface area contributed by atoms with Crippen LogP contribution in [0.3, 0.4) is 0 Å². The van der Waals surface area contributed by atoms with Crippen LogP contribution in [-0.2, 0) is 10.9 Å². The van der Waals surface area contributed by atoms with Gasteiger partial charge in [0.05, 0.1) is 18.2 Å². The third-order valence-corrected chi connectivity index (χ3v) is 3.07. The standard InChI is InChI=1S/C13H14F3NO2/c1-8-2-3-9(13(14,15)16)6-11(8)12(18)17-10-4-5-19-7-10/h2-3,6,10H,4-5,7H2,1H3,(H,17,18)/t10-/m0/s1. The molecular weight excluding hydrogens is 259 g/mol. The zero-order valence-corrected chi connectivity index (χ0v) is 10.4. The second-order valence-corrected chi connectivity index (χ2v) is 4.56. The maximum Gasteiger partial charge on any atom is 0.416 e. The van der Waals surface area contributed by atoms with Crippen molar-refractivity contribution in [2.45, 2.75) is 25.6 Å². The molecule has 1 aliphatic heterocycles. The van der Waals surface area contributed by atoms with Crippen LogP contribution in [0.15, 0.2) is 18.2 Å². The lowest BCUT2D eigenvalue weighted by Gasteiger charge is -2.14. The molecule has 1 amide bonds. The van der Waals surface area contributed by atoms with E-state index in [9.17, 15) is 18.0 Å². The van der Waals surface area contributed by atoms with Crippen LogP contribution in [0.5, 0.6) is 0 Å². The number of aryl methyl sites for hydroxylation is 1. The van der Waals surface area contributed by atoms with Gasteiger partial charge in [-0.05, 0) is 31.0 Å². The highest BCUT2D eigenvalue weighted by Gasteiger charge is 2.31. The maximum atomic E-state index is 12.6. The molecule has 0 aliphatic carbocycles. The molecule has 104 valence electrons. The number of amides is 1. The first-order valence-electron chi connectivity index (χ1n) is 5.94. The summed E-state index contributed by atoms with van der Waals surface area (Å²) >= 11 is 0. The van der Waals surface area contributed by atoms with Gasteiger partial charge in [0.25, 0.3) is 5.91 Å². The third-order valence-electron chi connectivity index (χ3n) is 3.07. The monoisotopic (exact) mass is 273 g/mol. The molecule has 1 aromatic carbocycles. The molecule has 0 saturated carbocycles. The summed E-state index contributed by atoms with van der Waals surface area (Å²) in [6.07, 6.45) is -3.76. The summed E-state index contributed by atoms with van der Waals surface area (Å²) in [5.41, 5.74) is -0.239. The molecule has 0 bridgehead atoms. The molecule has 6 heteroatoms. The number of halogens is 3. The van der Waals surface area contributed by atoms with Gasteiger partial charge in [0.2, 0.25) is 0 Å². The molecule has 3 nitrogen and oxygen atoms in total. The maximum absolute atomic E-state index is 12.6. The van der Waals surface area contributed by atoms with Crippen LogP contribution in [0, 0.1) is 6.92 Å². The fourth-order valence-corrected chi connectivity index (χ4v) is 1.95. The number of hydrogen-bond donors (Lipinski definition) is 1. The van der Waals surface area contributed by atoms with E-state index < -0.39 is 17.6 Å². The first-order valence-corrected chi connectivity index (χ1v) is 5.94. The highest BCUT2D eigenvalue weighted by atomic mass is 19.4. The van der Waals surface area contributed by atoms with E-state index in [-0.39, 0.29) is 11.6 Å². The van der Waals surface area contributed by atoms with Gasteiger partial charge in [-0.1, -0.05) is 6.07 Å². The van der Waals surface area contributed by atoms with Crippen LogP contribution in [0.25, 0.3) is 0 Å². The number of nitrogens with one attached hydrogen (secondary N) is 1. The number of benzene rings is 1. The number of carbonyl (C=O) groups excluding carboxylic acids is 1. The average molecular weight is 273 g/mol. The Morgan fingerprint density at radius 1 is 1.42 bits per heavy atom. The van der Waals surface area contributed by atoms with E-state index >= 15 is 0 Å². The molecule has 0 unspecified atom stereocenters. The highest BCUT2D eigenvalue weighted by Crippen LogP contribution is 2.30. The first kappa shape index (κ1) is 13.9. The van der Waals surface area contributed by atoms with Gasteiger partial charge in [0.15, 0.2) is 0 Å². The van der Waals surface area contributed by atoms with Crippen LogP contribution in [0.1, 0.15) is 27.9 Å². The minimum Gasteiger partial charge on any atom is -0.379 e. The lowest BCUT2D eigenvalue weighted by atomic mass is 10.0. The minimum absolute atomic E-state index is 0.0572.